The van der Waals surface area contributed by atoms with Crippen molar-refractivity contribution in [1.82, 2.24) is 10.3 Å². The van der Waals surface area contributed by atoms with Crippen molar-refractivity contribution < 1.29 is 5.11 Å². The summed E-state index contributed by atoms with van der Waals surface area (Å²) >= 11 is 1.75. The summed E-state index contributed by atoms with van der Waals surface area (Å²) in [5, 5.41) is 16.4. The number of piperidine rings is 1. The van der Waals surface area contributed by atoms with Gasteiger partial charge >= 0.3 is 0 Å². The van der Waals surface area contributed by atoms with Crippen LogP contribution < -0.4 is 16.0 Å². The highest BCUT2D eigenvalue weighted by atomic mass is 32.1. The third-order valence-electron chi connectivity index (χ3n) is 7.67. The van der Waals surface area contributed by atoms with Crippen LogP contribution >= 0.6 is 11.3 Å². The van der Waals surface area contributed by atoms with E-state index in [1.165, 1.54) is 29.5 Å². The lowest BCUT2D eigenvalue weighted by atomic mass is 9.63. The zero-order chi connectivity index (χ0) is 23.1. The molecule has 2 aliphatic rings. The Morgan fingerprint density at radius 3 is 2.47 bits per heavy atom. The molecule has 5 nitrogen and oxygen atoms in total. The zero-order valence-electron chi connectivity index (χ0n) is 20.3. The van der Waals surface area contributed by atoms with Gasteiger partial charge in [-0.2, -0.15) is 0 Å². The first-order valence-electron chi connectivity index (χ1n) is 12.1. The lowest BCUT2D eigenvalue weighted by Gasteiger charge is -2.42. The average molecular weight is 457 g/mol. The van der Waals surface area contributed by atoms with E-state index in [-0.39, 0.29) is 16.9 Å². The van der Waals surface area contributed by atoms with E-state index in [9.17, 15) is 5.11 Å². The van der Waals surface area contributed by atoms with Crippen molar-refractivity contribution in [2.75, 3.05) is 24.5 Å². The van der Waals surface area contributed by atoms with E-state index in [1.54, 1.807) is 18.3 Å². The van der Waals surface area contributed by atoms with Crippen LogP contribution in [0.4, 0.5) is 5.13 Å². The van der Waals surface area contributed by atoms with Crippen molar-refractivity contribution in [1.29, 1.82) is 0 Å². The normalized spacial score (nSPS) is 22.4. The number of thiazole rings is 1. The molecule has 2 atom stereocenters. The number of fused-ring (bicyclic) bond motifs is 1. The molecule has 1 aromatic heterocycles. The average Bonchev–Trinajstić information content (AvgIpc) is 3.26. The topological polar surface area (TPSA) is 74.4 Å². The molecule has 0 radical (unpaired) electrons. The molecule has 2 unspecified atom stereocenters. The number of aliphatic hydroxyl groups excluding tert-OH is 1. The minimum Gasteiger partial charge on any atom is -0.392 e. The molecular formula is C26H40N4OS. The van der Waals surface area contributed by atoms with Gasteiger partial charge in [-0.25, -0.2) is 4.98 Å². The van der Waals surface area contributed by atoms with Crippen LogP contribution in [0, 0.1) is 0 Å². The van der Waals surface area contributed by atoms with Gasteiger partial charge in [0.05, 0.1) is 11.8 Å². The van der Waals surface area contributed by atoms with Gasteiger partial charge in [0.1, 0.15) is 0 Å². The summed E-state index contributed by atoms with van der Waals surface area (Å²) in [6.07, 6.45) is 4.14. The second kappa shape index (κ2) is 9.05. The van der Waals surface area contributed by atoms with Crippen LogP contribution in [-0.2, 0) is 10.8 Å². The van der Waals surface area contributed by atoms with E-state index >= 15 is 0 Å². The van der Waals surface area contributed by atoms with E-state index in [0.29, 0.717) is 12.6 Å². The van der Waals surface area contributed by atoms with Crippen LogP contribution in [0.15, 0.2) is 23.6 Å². The molecular weight excluding hydrogens is 416 g/mol. The number of aliphatic hydroxyl groups is 1. The van der Waals surface area contributed by atoms with Gasteiger partial charge in [-0.1, -0.05) is 39.8 Å². The maximum absolute atomic E-state index is 9.58. The van der Waals surface area contributed by atoms with Gasteiger partial charge in [0.25, 0.3) is 0 Å². The quantitative estimate of drug-likeness (QED) is 0.600. The fourth-order valence-corrected chi connectivity index (χ4v) is 5.93. The molecule has 0 bridgehead atoms. The highest BCUT2D eigenvalue weighted by molar-refractivity contribution is 7.14. The Morgan fingerprint density at radius 1 is 1.16 bits per heavy atom. The van der Waals surface area contributed by atoms with Crippen molar-refractivity contribution in [3.63, 3.8) is 0 Å². The third kappa shape index (κ3) is 4.89. The molecule has 4 N–H and O–H groups in total. The minimum atomic E-state index is -0.475. The Balaban J connectivity index is 1.43. The summed E-state index contributed by atoms with van der Waals surface area (Å²) in [5.41, 5.74) is 11.7. The molecule has 32 heavy (non-hydrogen) atoms. The molecule has 1 aromatic carbocycles. The molecule has 2 heterocycles. The molecule has 1 fully saturated rings. The largest absolute Gasteiger partial charge is 0.392 e. The molecule has 2 aromatic rings. The Kier molecular flexibility index (Phi) is 6.70. The van der Waals surface area contributed by atoms with Crippen LogP contribution in [0.2, 0.25) is 0 Å². The number of nitrogens with one attached hydrogen (secondary N) is 1. The van der Waals surface area contributed by atoms with Crippen molar-refractivity contribution in [3.8, 4) is 11.3 Å². The summed E-state index contributed by atoms with van der Waals surface area (Å²) in [6, 6.07) is 7.27. The van der Waals surface area contributed by atoms with Crippen molar-refractivity contribution in [2.24, 2.45) is 5.73 Å². The molecule has 1 saturated heterocycles. The standard InChI is InChI=1S/C26H40N4OS/c1-17(31)22(27)15-28-19-8-12-30(13-9-19)24-29-23(16-32-24)18-6-7-20-21(14-18)26(4,5)11-10-25(20,2)3/h6-7,14,16-17,19,22,28,31H,8-13,15,27H2,1-5H3. The predicted molar refractivity (Wildman–Crippen MR) is 136 cm³/mol. The van der Waals surface area contributed by atoms with Crippen LogP contribution in [0.3, 0.4) is 0 Å². The number of hydrogen-bond donors (Lipinski definition) is 3. The maximum Gasteiger partial charge on any atom is 0.185 e. The lowest BCUT2D eigenvalue weighted by Crippen LogP contribution is -2.48. The Hall–Kier alpha value is -1.47. The zero-order valence-corrected chi connectivity index (χ0v) is 21.1. The fourth-order valence-electron chi connectivity index (χ4n) is 5.04. The smallest absolute Gasteiger partial charge is 0.185 e. The number of nitrogens with two attached hydrogens (primary N) is 1. The molecule has 1 aliphatic heterocycles. The Labute approximate surface area is 197 Å². The molecule has 0 amide bonds. The van der Waals surface area contributed by atoms with Gasteiger partial charge in [0, 0.05) is 42.7 Å². The first-order chi connectivity index (χ1) is 15.1. The van der Waals surface area contributed by atoms with Gasteiger partial charge in [-0.05, 0) is 60.6 Å². The Bertz CT molecular complexity index is 928. The highest BCUT2D eigenvalue weighted by Crippen LogP contribution is 2.47. The summed E-state index contributed by atoms with van der Waals surface area (Å²) in [6.45, 7) is 13.9. The second-order valence-electron chi connectivity index (χ2n) is 11.1. The predicted octanol–water partition coefficient (Wildman–Crippen LogP) is 4.43. The molecule has 6 heteroatoms. The first-order valence-corrected chi connectivity index (χ1v) is 13.0. The van der Waals surface area contributed by atoms with E-state index in [1.807, 2.05) is 0 Å². The first kappa shape index (κ1) is 23.7. The number of aromatic nitrogens is 1. The molecule has 4 rings (SSSR count). The minimum absolute atomic E-state index is 0.207. The maximum atomic E-state index is 9.58. The highest BCUT2D eigenvalue weighted by Gasteiger charge is 2.37. The number of anilines is 1. The van der Waals surface area contributed by atoms with Gasteiger partial charge in [0.15, 0.2) is 5.13 Å². The molecule has 0 spiro atoms. The number of benzene rings is 1. The fraction of sp³-hybridized carbons (Fsp3) is 0.654. The van der Waals surface area contributed by atoms with Crippen molar-refractivity contribution in [2.45, 2.75) is 89.3 Å². The SMILES string of the molecule is CC(O)C(N)CNC1CCN(c2nc(-c3ccc4c(c3)C(C)(C)CCC4(C)C)cs2)CC1. The van der Waals surface area contributed by atoms with Gasteiger partial charge in [-0.15, -0.1) is 11.3 Å². The van der Waals surface area contributed by atoms with E-state index in [0.717, 1.165) is 36.8 Å². The van der Waals surface area contributed by atoms with Gasteiger partial charge in [0.2, 0.25) is 0 Å². The number of hydrogen-bond acceptors (Lipinski definition) is 6. The molecule has 1 aliphatic carbocycles. The van der Waals surface area contributed by atoms with Gasteiger partial charge < -0.3 is 21.1 Å². The van der Waals surface area contributed by atoms with Crippen LogP contribution in [0.1, 0.15) is 71.4 Å². The summed E-state index contributed by atoms with van der Waals surface area (Å²) in [7, 11) is 0. The van der Waals surface area contributed by atoms with E-state index < -0.39 is 6.10 Å². The number of nitrogens with zero attached hydrogens (tertiary/aromatic N) is 2. The van der Waals surface area contributed by atoms with Crippen molar-refractivity contribution in [3.05, 3.63) is 34.7 Å². The Morgan fingerprint density at radius 2 is 1.81 bits per heavy atom. The second-order valence-corrected chi connectivity index (χ2v) is 12.0. The third-order valence-corrected chi connectivity index (χ3v) is 8.57. The monoisotopic (exact) mass is 456 g/mol. The summed E-state index contributed by atoms with van der Waals surface area (Å²) in [5.74, 6) is 0. The van der Waals surface area contributed by atoms with Crippen LogP contribution in [-0.4, -0.2) is 47.9 Å². The molecule has 176 valence electrons. The van der Waals surface area contributed by atoms with E-state index in [2.05, 4.69) is 61.5 Å². The van der Waals surface area contributed by atoms with Crippen LogP contribution in [0.25, 0.3) is 11.3 Å². The molecule has 0 saturated carbocycles. The van der Waals surface area contributed by atoms with Gasteiger partial charge in [-0.3, -0.25) is 0 Å². The van der Waals surface area contributed by atoms with Crippen LogP contribution in [0.5, 0.6) is 0 Å². The summed E-state index contributed by atoms with van der Waals surface area (Å²) < 4.78 is 0. The number of rotatable bonds is 6. The lowest BCUT2D eigenvalue weighted by molar-refractivity contribution is 0.159. The van der Waals surface area contributed by atoms with E-state index in [4.69, 9.17) is 10.7 Å². The summed E-state index contributed by atoms with van der Waals surface area (Å²) in [4.78, 5) is 7.44. The van der Waals surface area contributed by atoms with Crippen molar-refractivity contribution >= 4 is 16.5 Å².